The van der Waals surface area contributed by atoms with E-state index in [2.05, 4.69) is 49.1 Å². The van der Waals surface area contributed by atoms with E-state index < -0.39 is 11.6 Å². The van der Waals surface area contributed by atoms with E-state index in [-0.39, 0.29) is 5.92 Å². The number of aliphatic hydroxyl groups is 1. The smallest absolute Gasteiger partial charge is 0.306 e. The molecule has 0 aromatic rings. The summed E-state index contributed by atoms with van der Waals surface area (Å²) in [6.45, 7) is 12.8. The van der Waals surface area contributed by atoms with Crippen LogP contribution in [-0.4, -0.2) is 21.8 Å². The van der Waals surface area contributed by atoms with Gasteiger partial charge in [-0.15, -0.1) is 9.24 Å². The lowest BCUT2D eigenvalue weighted by atomic mass is 9.87. The highest BCUT2D eigenvalue weighted by Gasteiger charge is 2.20. The minimum Gasteiger partial charge on any atom is -0.481 e. The number of allylic oxidation sites excluding steroid dienone is 6. The van der Waals surface area contributed by atoms with Gasteiger partial charge in [-0.2, -0.15) is 0 Å². The van der Waals surface area contributed by atoms with Crippen LogP contribution in [0, 0.1) is 17.8 Å². The maximum Gasteiger partial charge on any atom is 0.306 e. The minimum absolute atomic E-state index is 0.332. The van der Waals surface area contributed by atoms with Crippen molar-refractivity contribution in [1.82, 2.24) is 0 Å². The van der Waals surface area contributed by atoms with Crippen molar-refractivity contribution in [2.45, 2.75) is 118 Å². The normalized spacial score (nSPS) is 21.2. The van der Waals surface area contributed by atoms with Crippen LogP contribution in [-0.2, 0) is 4.79 Å². The fraction of sp³-hybridized carbons (Fsp3) is 0.750. The third-order valence-electron chi connectivity index (χ3n) is 7.35. The number of hydrogen-bond acceptors (Lipinski definition) is 2. The van der Waals surface area contributed by atoms with Crippen LogP contribution in [0.15, 0.2) is 34.2 Å². The highest BCUT2D eigenvalue weighted by Crippen LogP contribution is 2.36. The van der Waals surface area contributed by atoms with Gasteiger partial charge in [-0.3, -0.25) is 4.79 Å². The van der Waals surface area contributed by atoms with E-state index >= 15 is 0 Å². The van der Waals surface area contributed by atoms with Gasteiger partial charge < -0.3 is 10.2 Å². The molecule has 0 aliphatic heterocycles. The Morgan fingerprint density at radius 1 is 1.25 bits per heavy atom. The summed E-state index contributed by atoms with van der Waals surface area (Å²) in [7, 11) is 2.97. The lowest BCUT2D eigenvalue weighted by Crippen LogP contribution is -2.24. The van der Waals surface area contributed by atoms with E-state index in [0.717, 1.165) is 31.6 Å². The molecule has 0 aromatic heterocycles. The lowest BCUT2D eigenvalue weighted by Gasteiger charge is -2.23. The molecular formula is C28H49O3P. The second kappa shape index (κ2) is 14.4. The molecule has 0 saturated carbocycles. The second-order valence-corrected chi connectivity index (χ2v) is 11.3. The number of carbonyl (C=O) groups is 1. The number of carboxylic acids is 1. The van der Waals surface area contributed by atoms with E-state index in [4.69, 9.17) is 5.11 Å². The first-order chi connectivity index (χ1) is 14.9. The summed E-state index contributed by atoms with van der Waals surface area (Å²) in [5.74, 6) is 0.346. The third kappa shape index (κ3) is 11.3. The van der Waals surface area contributed by atoms with Crippen LogP contribution in [0.1, 0.15) is 112 Å². The topological polar surface area (TPSA) is 57.5 Å². The van der Waals surface area contributed by atoms with Crippen molar-refractivity contribution >= 4 is 15.2 Å². The highest BCUT2D eigenvalue weighted by molar-refractivity contribution is 7.23. The molecule has 1 rings (SSSR count). The van der Waals surface area contributed by atoms with Gasteiger partial charge in [-0.25, -0.2) is 0 Å². The fourth-order valence-corrected chi connectivity index (χ4v) is 4.95. The Balaban J connectivity index is 2.24. The Labute approximate surface area is 200 Å². The molecule has 5 atom stereocenters. The van der Waals surface area contributed by atoms with Crippen molar-refractivity contribution in [3.05, 3.63) is 34.2 Å². The van der Waals surface area contributed by atoms with Crippen LogP contribution in [0.2, 0.25) is 0 Å². The molecular weight excluding hydrogens is 415 g/mol. The van der Waals surface area contributed by atoms with Crippen LogP contribution in [0.3, 0.4) is 0 Å². The van der Waals surface area contributed by atoms with Crippen LogP contribution in [0.5, 0.6) is 0 Å². The monoisotopic (exact) mass is 464 g/mol. The minimum atomic E-state index is -0.751. The van der Waals surface area contributed by atoms with Crippen molar-refractivity contribution in [3.8, 4) is 0 Å². The average molecular weight is 465 g/mol. The van der Waals surface area contributed by atoms with E-state index in [9.17, 15) is 9.90 Å². The Kier molecular flexibility index (Phi) is 13.1. The third-order valence-corrected chi connectivity index (χ3v) is 8.18. The first-order valence-electron chi connectivity index (χ1n) is 12.7. The predicted octanol–water partition coefficient (Wildman–Crippen LogP) is 8.06. The van der Waals surface area contributed by atoms with Gasteiger partial charge in [0.15, 0.2) is 0 Å². The largest absolute Gasteiger partial charge is 0.481 e. The zero-order valence-corrected chi connectivity index (χ0v) is 22.7. The summed E-state index contributed by atoms with van der Waals surface area (Å²) < 4.78 is 0. The Bertz CT molecular complexity index is 687. The van der Waals surface area contributed by atoms with Gasteiger partial charge in [0, 0.05) is 0 Å². The molecule has 0 heterocycles. The summed E-state index contributed by atoms with van der Waals surface area (Å²) in [5.41, 5.74) is 3.79. The summed E-state index contributed by atoms with van der Waals surface area (Å²) in [4.78, 5) is 10.9. The van der Waals surface area contributed by atoms with Gasteiger partial charge in [-0.1, -0.05) is 50.5 Å². The lowest BCUT2D eigenvalue weighted by molar-refractivity contribution is -0.141. The van der Waals surface area contributed by atoms with Gasteiger partial charge in [0.1, 0.15) is 0 Å². The molecule has 2 N–H and O–H groups in total. The van der Waals surface area contributed by atoms with Gasteiger partial charge in [0.2, 0.25) is 0 Å². The number of aliphatic carboxylic acids is 1. The molecule has 1 aliphatic rings. The van der Waals surface area contributed by atoms with Gasteiger partial charge in [-0.05, 0) is 108 Å². The van der Waals surface area contributed by atoms with Crippen LogP contribution < -0.4 is 0 Å². The second-order valence-electron chi connectivity index (χ2n) is 10.7. The van der Waals surface area contributed by atoms with Crippen LogP contribution in [0.4, 0.5) is 0 Å². The molecule has 0 spiro atoms. The maximum absolute atomic E-state index is 10.9. The first kappa shape index (κ1) is 29.1. The zero-order valence-electron chi connectivity index (χ0n) is 21.5. The molecule has 0 aromatic carbocycles. The number of hydrogen-bond donors (Lipinski definition) is 2. The van der Waals surface area contributed by atoms with E-state index in [1.165, 1.54) is 54.1 Å². The zero-order chi connectivity index (χ0) is 24.3. The standard InChI is InChI=1S/C28H49O3P/c1-20(12-8-18-28(6,31)19-9-13-23(4)27(29)30)10-7-11-21(2)14-16-25-17-15-22(3)24(5)26(25)32/h12,17,21-23,31H,7-11,13-16,18-19,32H2,1-6H3,(H,29,30)/b20-12+. The summed E-state index contributed by atoms with van der Waals surface area (Å²) in [6.07, 6.45) is 15.7. The first-order valence-corrected chi connectivity index (χ1v) is 13.3. The van der Waals surface area contributed by atoms with Crippen molar-refractivity contribution < 1.29 is 15.0 Å². The Morgan fingerprint density at radius 3 is 2.59 bits per heavy atom. The molecule has 4 heteroatoms. The molecule has 5 unspecified atom stereocenters. The molecule has 1 aliphatic carbocycles. The van der Waals surface area contributed by atoms with E-state index in [1.807, 2.05) is 6.92 Å². The summed E-state index contributed by atoms with van der Waals surface area (Å²) >= 11 is 0. The quantitative estimate of drug-likeness (QED) is 0.190. The molecule has 0 amide bonds. The summed E-state index contributed by atoms with van der Waals surface area (Å²) in [5, 5.41) is 21.0. The fourth-order valence-electron chi connectivity index (χ4n) is 4.41. The Hall–Kier alpha value is -0.920. The van der Waals surface area contributed by atoms with Crippen LogP contribution >= 0.6 is 9.24 Å². The highest BCUT2D eigenvalue weighted by atomic mass is 31.0. The molecule has 0 radical (unpaired) electrons. The maximum atomic E-state index is 10.9. The van der Waals surface area contributed by atoms with E-state index in [0.29, 0.717) is 18.8 Å². The molecule has 0 saturated heterocycles. The molecule has 32 heavy (non-hydrogen) atoms. The average Bonchev–Trinajstić information content (AvgIpc) is 2.71. The van der Waals surface area contributed by atoms with Gasteiger partial charge in [0.25, 0.3) is 0 Å². The molecule has 0 fully saturated rings. The van der Waals surface area contributed by atoms with Crippen molar-refractivity contribution in [1.29, 1.82) is 0 Å². The Morgan fingerprint density at radius 2 is 1.94 bits per heavy atom. The number of carboxylic acid groups (broad SMARTS) is 1. The molecule has 3 nitrogen and oxygen atoms in total. The molecule has 184 valence electrons. The predicted molar refractivity (Wildman–Crippen MR) is 141 cm³/mol. The van der Waals surface area contributed by atoms with Crippen molar-refractivity contribution in [2.75, 3.05) is 0 Å². The SMILES string of the molecule is CC1=C(P)C(CCC(C)CCC/C(C)=C/CCC(C)(O)CCCC(C)C(=O)O)=CCC1C. The van der Waals surface area contributed by atoms with Gasteiger partial charge >= 0.3 is 5.97 Å². The van der Waals surface area contributed by atoms with Gasteiger partial charge in [0.05, 0.1) is 11.5 Å². The van der Waals surface area contributed by atoms with E-state index in [1.54, 1.807) is 6.92 Å². The van der Waals surface area contributed by atoms with Crippen LogP contribution in [0.25, 0.3) is 0 Å². The van der Waals surface area contributed by atoms with Crippen molar-refractivity contribution in [3.63, 3.8) is 0 Å². The molecule has 0 bridgehead atoms. The summed E-state index contributed by atoms with van der Waals surface area (Å²) in [6, 6.07) is 0. The van der Waals surface area contributed by atoms with Crippen molar-refractivity contribution in [2.24, 2.45) is 17.8 Å². The number of rotatable bonds is 15.